The molecule has 0 bridgehead atoms. The van der Waals surface area contributed by atoms with Crippen molar-refractivity contribution in [1.82, 2.24) is 9.88 Å². The number of aromatic nitrogens is 1. The van der Waals surface area contributed by atoms with Crippen molar-refractivity contribution in [3.8, 4) is 0 Å². The van der Waals surface area contributed by atoms with Crippen LogP contribution < -0.4 is 0 Å². The molecule has 1 aromatic heterocycles. The van der Waals surface area contributed by atoms with E-state index in [-0.39, 0.29) is 5.91 Å². The molecule has 25 heavy (non-hydrogen) atoms. The zero-order chi connectivity index (χ0) is 17.2. The van der Waals surface area contributed by atoms with Crippen LogP contribution in [0.3, 0.4) is 0 Å². The Labute approximate surface area is 148 Å². The van der Waals surface area contributed by atoms with E-state index in [1.807, 2.05) is 35.2 Å². The number of likely N-dealkylation sites (tertiary alicyclic amines) is 1. The minimum atomic E-state index is 0.122. The van der Waals surface area contributed by atoms with E-state index in [0.717, 1.165) is 42.4 Å². The fourth-order valence-corrected chi connectivity index (χ4v) is 3.91. The molecule has 3 aromatic rings. The van der Waals surface area contributed by atoms with E-state index in [1.165, 1.54) is 11.1 Å². The van der Waals surface area contributed by atoms with Crippen LogP contribution in [-0.4, -0.2) is 28.9 Å². The SMILES string of the molecule is Cc1ccccc1[C@H]1CCCN(C(=O)c2ccnc3ccccc23)C1. The van der Waals surface area contributed by atoms with Gasteiger partial charge in [0.05, 0.1) is 11.1 Å². The summed E-state index contributed by atoms with van der Waals surface area (Å²) in [6.07, 6.45) is 3.93. The van der Waals surface area contributed by atoms with Gasteiger partial charge in [0.15, 0.2) is 0 Å². The van der Waals surface area contributed by atoms with Crippen molar-refractivity contribution in [1.29, 1.82) is 0 Å². The average Bonchev–Trinajstić information content (AvgIpc) is 2.67. The Bertz CT molecular complexity index is 913. The molecule has 1 aliphatic rings. The predicted octanol–water partition coefficient (Wildman–Crippen LogP) is 4.56. The third-order valence-electron chi connectivity index (χ3n) is 5.22. The van der Waals surface area contributed by atoms with Gasteiger partial charge in [-0.25, -0.2) is 0 Å². The number of nitrogens with zero attached hydrogens (tertiary/aromatic N) is 2. The van der Waals surface area contributed by atoms with E-state index in [0.29, 0.717) is 5.92 Å². The summed E-state index contributed by atoms with van der Waals surface area (Å²) in [7, 11) is 0. The van der Waals surface area contributed by atoms with Crippen molar-refractivity contribution in [2.24, 2.45) is 0 Å². The van der Waals surface area contributed by atoms with Crippen LogP contribution in [-0.2, 0) is 0 Å². The van der Waals surface area contributed by atoms with E-state index in [4.69, 9.17) is 0 Å². The van der Waals surface area contributed by atoms with E-state index < -0.39 is 0 Å². The summed E-state index contributed by atoms with van der Waals surface area (Å²) in [4.78, 5) is 19.6. The van der Waals surface area contributed by atoms with Crippen molar-refractivity contribution >= 4 is 16.8 Å². The molecule has 1 amide bonds. The van der Waals surface area contributed by atoms with Gasteiger partial charge in [0.1, 0.15) is 0 Å². The zero-order valence-corrected chi connectivity index (χ0v) is 14.5. The molecule has 3 nitrogen and oxygen atoms in total. The second-order valence-electron chi connectivity index (χ2n) is 6.82. The van der Waals surface area contributed by atoms with Crippen LogP contribution in [0.1, 0.15) is 40.2 Å². The van der Waals surface area contributed by atoms with Crippen molar-refractivity contribution < 1.29 is 4.79 Å². The smallest absolute Gasteiger partial charge is 0.254 e. The summed E-state index contributed by atoms with van der Waals surface area (Å²) in [5.74, 6) is 0.545. The highest BCUT2D eigenvalue weighted by Crippen LogP contribution is 2.30. The molecule has 1 saturated heterocycles. The minimum Gasteiger partial charge on any atom is -0.338 e. The monoisotopic (exact) mass is 330 g/mol. The van der Waals surface area contributed by atoms with E-state index in [2.05, 4.69) is 36.2 Å². The summed E-state index contributed by atoms with van der Waals surface area (Å²) < 4.78 is 0. The zero-order valence-electron chi connectivity index (χ0n) is 14.5. The van der Waals surface area contributed by atoms with E-state index >= 15 is 0 Å². The number of benzene rings is 2. The number of rotatable bonds is 2. The number of hydrogen-bond donors (Lipinski definition) is 0. The first kappa shape index (κ1) is 15.8. The summed E-state index contributed by atoms with van der Waals surface area (Å²) >= 11 is 0. The minimum absolute atomic E-state index is 0.122. The van der Waals surface area contributed by atoms with Gasteiger partial charge in [0.25, 0.3) is 5.91 Å². The van der Waals surface area contributed by atoms with Gasteiger partial charge in [0, 0.05) is 30.6 Å². The number of amides is 1. The average molecular weight is 330 g/mol. The van der Waals surface area contributed by atoms with Crippen LogP contribution in [0.4, 0.5) is 0 Å². The number of para-hydroxylation sites is 1. The van der Waals surface area contributed by atoms with Gasteiger partial charge in [-0.3, -0.25) is 9.78 Å². The van der Waals surface area contributed by atoms with Crippen LogP contribution in [0.5, 0.6) is 0 Å². The van der Waals surface area contributed by atoms with Gasteiger partial charge < -0.3 is 4.90 Å². The Morgan fingerprint density at radius 2 is 1.88 bits per heavy atom. The molecule has 0 saturated carbocycles. The number of carbonyl (C=O) groups is 1. The highest BCUT2D eigenvalue weighted by molar-refractivity contribution is 6.06. The number of piperidine rings is 1. The number of carbonyl (C=O) groups excluding carboxylic acids is 1. The first-order valence-corrected chi connectivity index (χ1v) is 8.92. The van der Waals surface area contributed by atoms with Gasteiger partial charge in [-0.15, -0.1) is 0 Å². The summed E-state index contributed by atoms with van der Waals surface area (Å²) in [6, 6.07) is 18.3. The predicted molar refractivity (Wildman–Crippen MR) is 101 cm³/mol. The van der Waals surface area contributed by atoms with Gasteiger partial charge in [-0.05, 0) is 43.0 Å². The maximum Gasteiger partial charge on any atom is 0.254 e. The van der Waals surface area contributed by atoms with Crippen LogP contribution in [0.15, 0.2) is 60.8 Å². The topological polar surface area (TPSA) is 33.2 Å². The first-order valence-electron chi connectivity index (χ1n) is 8.92. The van der Waals surface area contributed by atoms with Gasteiger partial charge in [-0.1, -0.05) is 42.5 Å². The number of fused-ring (bicyclic) bond motifs is 1. The molecular weight excluding hydrogens is 308 g/mol. The largest absolute Gasteiger partial charge is 0.338 e. The molecule has 126 valence electrons. The lowest BCUT2D eigenvalue weighted by Gasteiger charge is -2.34. The molecule has 0 unspecified atom stereocenters. The molecule has 2 aromatic carbocycles. The van der Waals surface area contributed by atoms with Crippen LogP contribution >= 0.6 is 0 Å². The van der Waals surface area contributed by atoms with Crippen molar-refractivity contribution in [3.63, 3.8) is 0 Å². The van der Waals surface area contributed by atoms with Crippen molar-refractivity contribution in [3.05, 3.63) is 77.5 Å². The molecule has 1 atom stereocenters. The Kier molecular flexibility index (Phi) is 4.22. The van der Waals surface area contributed by atoms with Gasteiger partial charge >= 0.3 is 0 Å². The van der Waals surface area contributed by atoms with E-state index in [9.17, 15) is 4.79 Å². The lowest BCUT2D eigenvalue weighted by Crippen LogP contribution is -2.39. The number of pyridine rings is 1. The Hall–Kier alpha value is -2.68. The lowest BCUT2D eigenvalue weighted by atomic mass is 9.87. The molecule has 0 N–H and O–H groups in total. The van der Waals surface area contributed by atoms with Crippen LogP contribution in [0.25, 0.3) is 10.9 Å². The summed E-state index contributed by atoms with van der Waals surface area (Å²) in [5.41, 5.74) is 4.33. The molecule has 4 rings (SSSR count). The quantitative estimate of drug-likeness (QED) is 0.690. The normalized spacial score (nSPS) is 17.6. The van der Waals surface area contributed by atoms with Crippen molar-refractivity contribution in [2.75, 3.05) is 13.1 Å². The molecule has 2 heterocycles. The standard InChI is InChI=1S/C22H22N2O/c1-16-7-2-3-9-18(16)17-8-6-14-24(15-17)22(25)20-12-13-23-21-11-5-4-10-19(20)21/h2-5,7,9-13,17H,6,8,14-15H2,1H3/t17-/m0/s1. The number of hydrogen-bond acceptors (Lipinski definition) is 2. The Balaban J connectivity index is 1.63. The van der Waals surface area contributed by atoms with Gasteiger partial charge in [-0.2, -0.15) is 0 Å². The number of aryl methyl sites for hydroxylation is 1. The first-order chi connectivity index (χ1) is 12.2. The van der Waals surface area contributed by atoms with Crippen molar-refractivity contribution in [2.45, 2.75) is 25.7 Å². The third-order valence-corrected chi connectivity index (χ3v) is 5.22. The molecule has 0 spiro atoms. The molecule has 1 fully saturated rings. The Morgan fingerprint density at radius 1 is 1.08 bits per heavy atom. The molecular formula is C22H22N2O. The second kappa shape index (κ2) is 6.67. The Morgan fingerprint density at radius 3 is 2.76 bits per heavy atom. The van der Waals surface area contributed by atoms with Crippen LogP contribution in [0, 0.1) is 6.92 Å². The maximum atomic E-state index is 13.2. The summed E-state index contributed by atoms with van der Waals surface area (Å²) in [5, 5.41) is 0.938. The third kappa shape index (κ3) is 3.02. The molecule has 1 aliphatic heterocycles. The lowest BCUT2D eigenvalue weighted by molar-refractivity contribution is 0.0709. The molecule has 0 aliphatic carbocycles. The fourth-order valence-electron chi connectivity index (χ4n) is 3.91. The second-order valence-corrected chi connectivity index (χ2v) is 6.82. The molecule has 0 radical (unpaired) electrons. The fraction of sp³-hybridized carbons (Fsp3) is 0.273. The van der Waals surface area contributed by atoms with E-state index in [1.54, 1.807) is 6.20 Å². The van der Waals surface area contributed by atoms with Crippen LogP contribution in [0.2, 0.25) is 0 Å². The highest BCUT2D eigenvalue weighted by atomic mass is 16.2. The molecule has 3 heteroatoms. The van der Waals surface area contributed by atoms with Gasteiger partial charge in [0.2, 0.25) is 0 Å². The maximum absolute atomic E-state index is 13.2. The summed E-state index contributed by atoms with van der Waals surface area (Å²) in [6.45, 7) is 3.78. The highest BCUT2D eigenvalue weighted by Gasteiger charge is 2.27.